The van der Waals surface area contributed by atoms with Crippen molar-refractivity contribution in [1.82, 2.24) is 0 Å². The number of hydrogen-bond donors (Lipinski definition) is 0. The molecule has 0 saturated heterocycles. The highest BCUT2D eigenvalue weighted by atomic mass is 19.2. The minimum absolute atomic E-state index is 0.140. The van der Waals surface area contributed by atoms with Crippen LogP contribution in [0.5, 0.6) is 0 Å². The molecule has 0 nitrogen and oxygen atoms in total. The molecule has 0 aliphatic heterocycles. The average molecular weight is 133 g/mol. The quantitative estimate of drug-likeness (QED) is 0.476. The van der Waals surface area contributed by atoms with Gasteiger partial charge in [-0.1, -0.05) is 0 Å². The Balaban J connectivity index is 2.83. The van der Waals surface area contributed by atoms with Crippen LogP contribution in [0.25, 0.3) is 0 Å². The number of rotatable bonds is 0. The van der Waals surface area contributed by atoms with Gasteiger partial charge in [0.15, 0.2) is 5.83 Å². The summed E-state index contributed by atoms with van der Waals surface area (Å²) in [7, 11) is 0. The molecule has 0 spiro atoms. The highest BCUT2D eigenvalue weighted by Crippen LogP contribution is 2.24. The van der Waals surface area contributed by atoms with Gasteiger partial charge in [-0.25, -0.2) is 13.2 Å². The fourth-order valence-corrected chi connectivity index (χ4v) is 0.550. The molecular weight excluding hydrogens is 129 g/mol. The maximum atomic E-state index is 12.0. The topological polar surface area (TPSA) is 0 Å². The van der Waals surface area contributed by atoms with E-state index in [1.165, 1.54) is 0 Å². The molecule has 0 aromatic rings. The molecule has 0 heterocycles. The van der Waals surface area contributed by atoms with Gasteiger partial charge in [0.25, 0.3) is 0 Å². The lowest BCUT2D eigenvalue weighted by Crippen LogP contribution is -1.89. The van der Waals surface area contributed by atoms with Crippen LogP contribution in [0, 0.1) is 6.42 Å². The minimum Gasteiger partial charge on any atom is -0.212 e. The summed E-state index contributed by atoms with van der Waals surface area (Å²) >= 11 is 0. The molecule has 0 N–H and O–H groups in total. The Morgan fingerprint density at radius 1 is 1.11 bits per heavy atom. The van der Waals surface area contributed by atoms with Crippen LogP contribution in [0.2, 0.25) is 0 Å². The van der Waals surface area contributed by atoms with Gasteiger partial charge < -0.3 is 0 Å². The van der Waals surface area contributed by atoms with Crippen molar-refractivity contribution < 1.29 is 13.2 Å². The molecule has 0 unspecified atom stereocenters. The predicted octanol–water partition coefficient (Wildman–Crippen LogP) is 2.60. The van der Waals surface area contributed by atoms with E-state index in [0.717, 1.165) is 6.42 Å². The van der Waals surface area contributed by atoms with Crippen molar-refractivity contribution in [3.05, 3.63) is 30.0 Å². The maximum absolute atomic E-state index is 12.0. The zero-order valence-corrected chi connectivity index (χ0v) is 4.50. The van der Waals surface area contributed by atoms with Gasteiger partial charge >= 0.3 is 0 Å². The van der Waals surface area contributed by atoms with E-state index in [-0.39, 0.29) is 6.42 Å². The third kappa shape index (κ3) is 1.34. The van der Waals surface area contributed by atoms with Gasteiger partial charge in [-0.2, -0.15) is 0 Å². The SMILES string of the molecule is FC1=CC(F)=C(F)[CH]C1. The van der Waals surface area contributed by atoms with Crippen LogP contribution in [-0.4, -0.2) is 0 Å². The van der Waals surface area contributed by atoms with Crippen LogP contribution < -0.4 is 0 Å². The van der Waals surface area contributed by atoms with Crippen LogP contribution in [0.1, 0.15) is 6.42 Å². The largest absolute Gasteiger partial charge is 0.212 e. The summed E-state index contributed by atoms with van der Waals surface area (Å²) in [4.78, 5) is 0. The molecule has 0 bridgehead atoms. The molecule has 0 aromatic heterocycles. The molecule has 1 rings (SSSR count). The van der Waals surface area contributed by atoms with E-state index in [0.29, 0.717) is 6.08 Å². The Kier molecular flexibility index (Phi) is 1.60. The molecule has 49 valence electrons. The summed E-state index contributed by atoms with van der Waals surface area (Å²) < 4.78 is 36.0. The highest BCUT2D eigenvalue weighted by molar-refractivity contribution is 5.28. The van der Waals surface area contributed by atoms with Crippen molar-refractivity contribution in [1.29, 1.82) is 0 Å². The Hall–Kier alpha value is -0.730. The molecule has 1 aliphatic carbocycles. The van der Waals surface area contributed by atoms with Crippen LogP contribution in [0.15, 0.2) is 23.6 Å². The maximum Gasteiger partial charge on any atom is 0.157 e. The minimum atomic E-state index is -1.13. The standard InChI is InChI=1S/C6H4F3/c7-4-1-2-5(8)6(9)3-4/h2-3H,1H2. The Morgan fingerprint density at radius 2 is 1.78 bits per heavy atom. The van der Waals surface area contributed by atoms with Crippen molar-refractivity contribution >= 4 is 0 Å². The molecular formula is C6H4F3. The summed E-state index contributed by atoms with van der Waals surface area (Å²) in [5.41, 5.74) is 0. The lowest BCUT2D eigenvalue weighted by Gasteiger charge is -2.02. The summed E-state index contributed by atoms with van der Waals surface area (Å²) in [6, 6.07) is 0. The Morgan fingerprint density at radius 3 is 2.22 bits per heavy atom. The molecule has 9 heavy (non-hydrogen) atoms. The second kappa shape index (κ2) is 2.25. The van der Waals surface area contributed by atoms with Gasteiger partial charge in [0.2, 0.25) is 0 Å². The van der Waals surface area contributed by atoms with E-state index in [1.807, 2.05) is 0 Å². The van der Waals surface area contributed by atoms with E-state index < -0.39 is 17.5 Å². The van der Waals surface area contributed by atoms with E-state index in [1.54, 1.807) is 0 Å². The van der Waals surface area contributed by atoms with Crippen LogP contribution >= 0.6 is 0 Å². The lowest BCUT2D eigenvalue weighted by molar-refractivity contribution is 0.517. The first-order valence-corrected chi connectivity index (χ1v) is 2.44. The fraction of sp³-hybridized carbons (Fsp3) is 0.167. The van der Waals surface area contributed by atoms with Crippen molar-refractivity contribution in [3.63, 3.8) is 0 Å². The van der Waals surface area contributed by atoms with Gasteiger partial charge in [0.1, 0.15) is 11.7 Å². The van der Waals surface area contributed by atoms with Gasteiger partial charge in [-0.15, -0.1) is 0 Å². The van der Waals surface area contributed by atoms with E-state index in [4.69, 9.17) is 0 Å². The van der Waals surface area contributed by atoms with Gasteiger partial charge in [0.05, 0.1) is 0 Å². The highest BCUT2D eigenvalue weighted by Gasteiger charge is 2.12. The van der Waals surface area contributed by atoms with Gasteiger partial charge in [-0.05, 0) is 0 Å². The van der Waals surface area contributed by atoms with E-state index >= 15 is 0 Å². The van der Waals surface area contributed by atoms with Crippen LogP contribution in [0.3, 0.4) is 0 Å². The van der Waals surface area contributed by atoms with Crippen LogP contribution in [0.4, 0.5) is 13.2 Å². The zero-order valence-electron chi connectivity index (χ0n) is 4.50. The lowest BCUT2D eigenvalue weighted by atomic mass is 10.1. The number of halogens is 3. The molecule has 1 aliphatic rings. The van der Waals surface area contributed by atoms with E-state index in [2.05, 4.69) is 0 Å². The van der Waals surface area contributed by atoms with Crippen molar-refractivity contribution in [2.45, 2.75) is 6.42 Å². The third-order valence-corrected chi connectivity index (χ3v) is 0.988. The Bertz CT molecular complexity index is 179. The number of allylic oxidation sites excluding steroid dienone is 4. The summed E-state index contributed by atoms with van der Waals surface area (Å²) in [6.45, 7) is 0. The monoisotopic (exact) mass is 133 g/mol. The summed E-state index contributed by atoms with van der Waals surface area (Å²) in [5.74, 6) is -2.75. The molecule has 0 atom stereocenters. The molecule has 0 saturated carbocycles. The molecule has 3 heteroatoms. The first-order chi connectivity index (χ1) is 4.20. The third-order valence-electron chi connectivity index (χ3n) is 0.988. The second-order valence-corrected chi connectivity index (χ2v) is 1.70. The normalized spacial score (nSPS) is 20.1. The summed E-state index contributed by atoms with van der Waals surface area (Å²) in [6.07, 6.45) is 1.28. The smallest absolute Gasteiger partial charge is 0.157 e. The van der Waals surface area contributed by atoms with E-state index in [9.17, 15) is 13.2 Å². The second-order valence-electron chi connectivity index (χ2n) is 1.70. The first kappa shape index (κ1) is 6.39. The zero-order chi connectivity index (χ0) is 6.85. The molecule has 0 fully saturated rings. The first-order valence-electron chi connectivity index (χ1n) is 2.44. The summed E-state index contributed by atoms with van der Waals surface area (Å²) in [5, 5.41) is 0. The van der Waals surface area contributed by atoms with Gasteiger partial charge in [-0.3, -0.25) is 0 Å². The molecule has 1 radical (unpaired) electrons. The van der Waals surface area contributed by atoms with Crippen LogP contribution in [-0.2, 0) is 0 Å². The van der Waals surface area contributed by atoms with Crippen molar-refractivity contribution in [2.75, 3.05) is 0 Å². The van der Waals surface area contributed by atoms with Crippen molar-refractivity contribution in [3.8, 4) is 0 Å². The van der Waals surface area contributed by atoms with Gasteiger partial charge in [0, 0.05) is 18.9 Å². The predicted molar refractivity (Wildman–Crippen MR) is 27.3 cm³/mol. The number of hydrogen-bond acceptors (Lipinski definition) is 0. The molecule has 0 aromatic carbocycles. The molecule has 0 amide bonds. The Labute approximate surface area is 50.7 Å². The fourth-order valence-electron chi connectivity index (χ4n) is 0.550. The average Bonchev–Trinajstić information content (AvgIpc) is 1.80. The van der Waals surface area contributed by atoms with Crippen molar-refractivity contribution in [2.24, 2.45) is 0 Å².